The lowest BCUT2D eigenvalue weighted by Gasteiger charge is -2.35. The average molecular weight is 498 g/mol. The van der Waals surface area contributed by atoms with Crippen molar-refractivity contribution in [2.24, 2.45) is 0 Å². The molecule has 1 aliphatic rings. The van der Waals surface area contributed by atoms with Gasteiger partial charge in [-0.25, -0.2) is 8.42 Å². The number of rotatable bonds is 6. The number of carbonyl (C=O) groups is 1. The SMILES string of the molecule is Cc1c(C)c(C)c(S(=O)(=O)N2CCN(C(=O)CCc3nc(-c4cccnc4)no3)CC2)c(C)c1C. The van der Waals surface area contributed by atoms with E-state index in [1.54, 1.807) is 23.4 Å². The molecule has 1 saturated heterocycles. The van der Waals surface area contributed by atoms with Crippen LogP contribution >= 0.6 is 0 Å². The minimum atomic E-state index is -3.66. The third-order valence-electron chi connectivity index (χ3n) is 7.06. The topological polar surface area (TPSA) is 110 Å². The first kappa shape index (κ1) is 25.0. The van der Waals surface area contributed by atoms with Crippen molar-refractivity contribution in [1.29, 1.82) is 0 Å². The van der Waals surface area contributed by atoms with Crippen LogP contribution in [0.1, 0.15) is 40.1 Å². The average Bonchev–Trinajstić information content (AvgIpc) is 3.34. The van der Waals surface area contributed by atoms with Gasteiger partial charge in [-0.1, -0.05) is 5.16 Å². The Labute approximate surface area is 206 Å². The molecule has 0 bridgehead atoms. The molecule has 10 heteroatoms. The maximum Gasteiger partial charge on any atom is 0.243 e. The van der Waals surface area contributed by atoms with E-state index in [-0.39, 0.29) is 25.4 Å². The minimum absolute atomic E-state index is 0.0578. The van der Waals surface area contributed by atoms with E-state index in [4.69, 9.17) is 4.52 Å². The number of carbonyl (C=O) groups excluding carboxylic acids is 1. The summed E-state index contributed by atoms with van der Waals surface area (Å²) >= 11 is 0. The molecule has 3 heterocycles. The van der Waals surface area contributed by atoms with Crippen LogP contribution in [0.2, 0.25) is 0 Å². The minimum Gasteiger partial charge on any atom is -0.340 e. The molecule has 0 unspecified atom stereocenters. The van der Waals surface area contributed by atoms with Gasteiger partial charge in [0.15, 0.2) is 0 Å². The largest absolute Gasteiger partial charge is 0.340 e. The molecule has 0 aliphatic carbocycles. The Morgan fingerprint density at radius 2 is 1.60 bits per heavy atom. The van der Waals surface area contributed by atoms with Crippen LogP contribution < -0.4 is 0 Å². The van der Waals surface area contributed by atoms with E-state index in [0.29, 0.717) is 36.1 Å². The number of aromatic nitrogens is 3. The van der Waals surface area contributed by atoms with Crippen LogP contribution in [0, 0.1) is 34.6 Å². The molecule has 9 nitrogen and oxygen atoms in total. The third kappa shape index (κ3) is 4.85. The van der Waals surface area contributed by atoms with Crippen LogP contribution in [0.25, 0.3) is 11.4 Å². The van der Waals surface area contributed by atoms with Gasteiger partial charge < -0.3 is 9.42 Å². The first-order chi connectivity index (χ1) is 16.6. The number of amides is 1. The summed E-state index contributed by atoms with van der Waals surface area (Å²) in [4.78, 5) is 23.3. The Morgan fingerprint density at radius 1 is 0.971 bits per heavy atom. The van der Waals surface area contributed by atoms with Gasteiger partial charge in [0.25, 0.3) is 0 Å². The lowest BCUT2D eigenvalue weighted by Crippen LogP contribution is -2.50. The van der Waals surface area contributed by atoms with Crippen LogP contribution in [0.5, 0.6) is 0 Å². The Balaban J connectivity index is 1.38. The fourth-order valence-electron chi connectivity index (χ4n) is 4.50. The summed E-state index contributed by atoms with van der Waals surface area (Å²) in [5.41, 5.74) is 5.49. The summed E-state index contributed by atoms with van der Waals surface area (Å²) in [5.74, 6) is 0.763. The Morgan fingerprint density at radius 3 is 2.20 bits per heavy atom. The van der Waals surface area contributed by atoms with Gasteiger partial charge in [-0.15, -0.1) is 0 Å². The zero-order valence-corrected chi connectivity index (χ0v) is 21.6. The predicted molar refractivity (Wildman–Crippen MR) is 131 cm³/mol. The van der Waals surface area contributed by atoms with Gasteiger partial charge in [0.05, 0.1) is 4.90 Å². The van der Waals surface area contributed by atoms with Crippen molar-refractivity contribution >= 4 is 15.9 Å². The molecule has 1 amide bonds. The number of nitrogens with zero attached hydrogens (tertiary/aromatic N) is 5. The van der Waals surface area contributed by atoms with Gasteiger partial charge in [-0.2, -0.15) is 9.29 Å². The van der Waals surface area contributed by atoms with E-state index < -0.39 is 10.0 Å². The fraction of sp³-hybridized carbons (Fsp3) is 0.440. The highest BCUT2D eigenvalue weighted by molar-refractivity contribution is 7.89. The Bertz CT molecular complexity index is 1310. The lowest BCUT2D eigenvalue weighted by atomic mass is 9.95. The van der Waals surface area contributed by atoms with Crippen molar-refractivity contribution in [3.8, 4) is 11.4 Å². The van der Waals surface area contributed by atoms with Crippen LogP contribution in [0.15, 0.2) is 33.9 Å². The van der Waals surface area contributed by atoms with Crippen LogP contribution in [-0.2, 0) is 21.2 Å². The molecule has 1 aliphatic heterocycles. The maximum atomic E-state index is 13.5. The molecule has 0 atom stereocenters. The summed E-state index contributed by atoms with van der Waals surface area (Å²) in [5, 5.41) is 3.95. The zero-order chi connectivity index (χ0) is 25.3. The van der Waals surface area contributed by atoms with E-state index in [9.17, 15) is 13.2 Å². The van der Waals surface area contributed by atoms with Crippen molar-refractivity contribution in [2.45, 2.75) is 52.4 Å². The van der Waals surface area contributed by atoms with Gasteiger partial charge in [0, 0.05) is 57.0 Å². The highest BCUT2D eigenvalue weighted by atomic mass is 32.2. The Hall–Kier alpha value is -3.11. The van der Waals surface area contributed by atoms with Crippen molar-refractivity contribution in [1.82, 2.24) is 24.3 Å². The lowest BCUT2D eigenvalue weighted by molar-refractivity contribution is -0.132. The molecule has 0 radical (unpaired) electrons. The molecule has 0 N–H and O–H groups in total. The molecule has 2 aromatic heterocycles. The molecule has 3 aromatic rings. The van der Waals surface area contributed by atoms with E-state index in [1.165, 1.54) is 4.31 Å². The molecule has 0 spiro atoms. The van der Waals surface area contributed by atoms with E-state index in [2.05, 4.69) is 15.1 Å². The van der Waals surface area contributed by atoms with Gasteiger partial charge >= 0.3 is 0 Å². The predicted octanol–water partition coefficient (Wildman–Crippen LogP) is 3.14. The number of benzene rings is 1. The van der Waals surface area contributed by atoms with Crippen LogP contribution in [0.4, 0.5) is 0 Å². The molecular formula is C25H31N5O4S. The van der Waals surface area contributed by atoms with Crippen molar-refractivity contribution < 1.29 is 17.7 Å². The standard InChI is InChI=1S/C25H31N5O4S/c1-16-17(2)19(4)24(20(5)18(16)3)35(32,33)30-13-11-29(12-14-30)23(31)9-8-22-27-25(28-34-22)21-7-6-10-26-15-21/h6-7,10,15H,8-9,11-14H2,1-5H3. The number of pyridine rings is 1. The van der Waals surface area contributed by atoms with Gasteiger partial charge in [-0.3, -0.25) is 9.78 Å². The second-order valence-electron chi connectivity index (χ2n) is 8.99. The van der Waals surface area contributed by atoms with Gasteiger partial charge in [-0.05, 0) is 74.6 Å². The summed E-state index contributed by atoms with van der Waals surface area (Å²) in [6, 6.07) is 3.63. The first-order valence-corrected chi connectivity index (χ1v) is 13.1. The normalized spacial score (nSPS) is 14.9. The van der Waals surface area contributed by atoms with Gasteiger partial charge in [0.1, 0.15) is 0 Å². The molecule has 1 aromatic carbocycles. The Kier molecular flexibility index (Phi) is 7.05. The quantitative estimate of drug-likeness (QED) is 0.515. The van der Waals surface area contributed by atoms with E-state index in [0.717, 1.165) is 33.4 Å². The fourth-order valence-corrected chi connectivity index (χ4v) is 6.48. The second kappa shape index (κ2) is 9.87. The summed E-state index contributed by atoms with van der Waals surface area (Å²) in [6.07, 6.45) is 3.86. The number of sulfonamides is 1. The van der Waals surface area contributed by atoms with Gasteiger partial charge in [0.2, 0.25) is 27.6 Å². The highest BCUT2D eigenvalue weighted by Gasteiger charge is 2.33. The smallest absolute Gasteiger partial charge is 0.243 e. The van der Waals surface area contributed by atoms with E-state index in [1.807, 2.05) is 40.7 Å². The maximum absolute atomic E-state index is 13.5. The number of hydrogen-bond acceptors (Lipinski definition) is 7. The van der Waals surface area contributed by atoms with Crippen LogP contribution in [-0.4, -0.2) is 64.8 Å². The summed E-state index contributed by atoms with van der Waals surface area (Å²) < 4.78 is 33.9. The molecule has 35 heavy (non-hydrogen) atoms. The summed E-state index contributed by atoms with van der Waals surface area (Å²) in [7, 11) is -3.66. The number of hydrogen-bond donors (Lipinski definition) is 0. The monoisotopic (exact) mass is 497 g/mol. The number of piperazine rings is 1. The highest BCUT2D eigenvalue weighted by Crippen LogP contribution is 2.32. The molecule has 0 saturated carbocycles. The first-order valence-electron chi connectivity index (χ1n) is 11.7. The van der Waals surface area contributed by atoms with Crippen molar-refractivity contribution in [3.63, 3.8) is 0 Å². The number of aryl methyl sites for hydroxylation is 1. The summed E-state index contributed by atoms with van der Waals surface area (Å²) in [6.45, 7) is 11.0. The molecule has 4 rings (SSSR count). The van der Waals surface area contributed by atoms with Crippen LogP contribution in [0.3, 0.4) is 0 Å². The zero-order valence-electron chi connectivity index (χ0n) is 20.8. The van der Waals surface area contributed by atoms with Crippen molar-refractivity contribution in [2.75, 3.05) is 26.2 Å². The molecule has 186 valence electrons. The molecular weight excluding hydrogens is 466 g/mol. The third-order valence-corrected chi connectivity index (χ3v) is 9.23. The van der Waals surface area contributed by atoms with E-state index >= 15 is 0 Å². The second-order valence-corrected chi connectivity index (χ2v) is 10.9. The van der Waals surface area contributed by atoms with Crippen molar-refractivity contribution in [3.05, 3.63) is 58.2 Å². The molecule has 1 fully saturated rings.